The van der Waals surface area contributed by atoms with Crippen molar-refractivity contribution in [1.82, 2.24) is 4.90 Å². The summed E-state index contributed by atoms with van der Waals surface area (Å²) in [6, 6.07) is 22.5. The number of nitrogens with zero attached hydrogens (tertiary/aromatic N) is 1. The van der Waals surface area contributed by atoms with E-state index in [-0.39, 0.29) is 5.63 Å². The van der Waals surface area contributed by atoms with E-state index in [1.165, 1.54) is 22.4 Å². The van der Waals surface area contributed by atoms with Crippen molar-refractivity contribution < 1.29 is 4.42 Å². The van der Waals surface area contributed by atoms with E-state index in [2.05, 4.69) is 52.7 Å². The maximum absolute atomic E-state index is 11.9. The second-order valence-corrected chi connectivity index (χ2v) is 8.75. The van der Waals surface area contributed by atoms with Crippen molar-refractivity contribution in [2.45, 2.75) is 25.3 Å². The molecule has 0 aliphatic carbocycles. The Bertz CT molecular complexity index is 1280. The van der Waals surface area contributed by atoms with Gasteiger partial charge in [-0.25, -0.2) is 4.79 Å². The molecule has 31 heavy (non-hydrogen) atoms. The van der Waals surface area contributed by atoms with Gasteiger partial charge in [0.15, 0.2) is 0 Å². The molecule has 4 nitrogen and oxygen atoms in total. The van der Waals surface area contributed by atoms with Gasteiger partial charge >= 0.3 is 5.63 Å². The Kier molecular flexibility index (Phi) is 5.66. The third-order valence-electron chi connectivity index (χ3n) is 6.18. The minimum atomic E-state index is -0.342. The van der Waals surface area contributed by atoms with Crippen LogP contribution in [0.1, 0.15) is 18.4 Å². The first-order valence-corrected chi connectivity index (χ1v) is 11.2. The lowest BCUT2D eigenvalue weighted by atomic mass is 10.0. The van der Waals surface area contributed by atoms with Crippen LogP contribution in [0.4, 0.5) is 5.69 Å². The smallest absolute Gasteiger partial charge is 0.338 e. The number of fused-ring (bicyclic) bond motifs is 2. The number of benzene rings is 3. The van der Waals surface area contributed by atoms with Gasteiger partial charge in [0.1, 0.15) is 5.58 Å². The second-order valence-electron chi connectivity index (χ2n) is 8.31. The van der Waals surface area contributed by atoms with Crippen molar-refractivity contribution >= 4 is 39.0 Å². The summed E-state index contributed by atoms with van der Waals surface area (Å²) in [7, 11) is 0. The largest absolute Gasteiger partial charge is 0.423 e. The molecule has 3 aromatic carbocycles. The lowest BCUT2D eigenvalue weighted by Crippen LogP contribution is -2.40. The van der Waals surface area contributed by atoms with E-state index >= 15 is 0 Å². The predicted octanol–water partition coefficient (Wildman–Crippen LogP) is 5.72. The first-order valence-electron chi connectivity index (χ1n) is 10.8. The highest BCUT2D eigenvalue weighted by molar-refractivity contribution is 6.31. The number of hydrogen-bond donors (Lipinski definition) is 1. The first kappa shape index (κ1) is 20.1. The number of nitrogens with one attached hydrogen (secondary N) is 1. The zero-order valence-corrected chi connectivity index (χ0v) is 18.1. The molecular formula is C26H25ClN2O2. The number of piperidine rings is 1. The van der Waals surface area contributed by atoms with E-state index < -0.39 is 0 Å². The van der Waals surface area contributed by atoms with Crippen molar-refractivity contribution in [3.05, 3.63) is 87.7 Å². The van der Waals surface area contributed by atoms with E-state index in [1.807, 2.05) is 6.07 Å². The molecule has 0 amide bonds. The standard InChI is InChI=1S/C26H25ClN2O2/c27-21-7-8-25-23(16-21)24(17-26(30)31-25)28-22-10-13-29(14-11-22)12-9-18-5-6-19-3-1-2-4-20(19)15-18/h1-8,15-17,22,28H,9-14H2. The summed E-state index contributed by atoms with van der Waals surface area (Å²) >= 11 is 6.16. The van der Waals surface area contributed by atoms with Gasteiger partial charge in [-0.1, -0.05) is 54.1 Å². The number of likely N-dealkylation sites (tertiary alicyclic amines) is 1. The molecule has 1 N–H and O–H groups in total. The molecule has 5 rings (SSSR count). The highest BCUT2D eigenvalue weighted by Gasteiger charge is 2.20. The lowest BCUT2D eigenvalue weighted by Gasteiger charge is -2.33. The van der Waals surface area contributed by atoms with E-state index in [4.69, 9.17) is 16.0 Å². The highest BCUT2D eigenvalue weighted by atomic mass is 35.5. The minimum Gasteiger partial charge on any atom is -0.423 e. The average Bonchev–Trinajstić information content (AvgIpc) is 2.79. The maximum Gasteiger partial charge on any atom is 0.338 e. The molecule has 1 fully saturated rings. The van der Waals surface area contributed by atoms with Crippen molar-refractivity contribution in [2.24, 2.45) is 0 Å². The zero-order chi connectivity index (χ0) is 21.2. The van der Waals surface area contributed by atoms with Crippen LogP contribution in [0.5, 0.6) is 0 Å². The fourth-order valence-corrected chi connectivity index (χ4v) is 4.63. The fraction of sp³-hybridized carbons (Fsp3) is 0.269. The summed E-state index contributed by atoms with van der Waals surface area (Å²) in [5.41, 5.74) is 2.42. The van der Waals surface area contributed by atoms with Crippen LogP contribution in [-0.2, 0) is 6.42 Å². The Morgan fingerprint density at radius 1 is 0.968 bits per heavy atom. The van der Waals surface area contributed by atoms with Crippen molar-refractivity contribution in [3.63, 3.8) is 0 Å². The van der Waals surface area contributed by atoms with E-state index in [0.29, 0.717) is 16.6 Å². The Morgan fingerprint density at radius 2 is 1.77 bits per heavy atom. The van der Waals surface area contributed by atoms with Gasteiger partial charge in [-0.2, -0.15) is 0 Å². The Hall–Kier alpha value is -2.82. The van der Waals surface area contributed by atoms with Crippen LogP contribution >= 0.6 is 11.6 Å². The molecule has 0 radical (unpaired) electrons. The molecule has 0 bridgehead atoms. The van der Waals surface area contributed by atoms with Crippen LogP contribution in [0.3, 0.4) is 0 Å². The van der Waals surface area contributed by atoms with E-state index in [1.54, 1.807) is 12.1 Å². The van der Waals surface area contributed by atoms with Crippen LogP contribution in [0.15, 0.2) is 75.9 Å². The van der Waals surface area contributed by atoms with Crippen LogP contribution in [0.25, 0.3) is 21.7 Å². The van der Waals surface area contributed by atoms with Crippen LogP contribution < -0.4 is 10.9 Å². The minimum absolute atomic E-state index is 0.334. The maximum atomic E-state index is 11.9. The molecule has 0 atom stereocenters. The SMILES string of the molecule is O=c1cc(NC2CCN(CCc3ccc4ccccc4c3)CC2)c2cc(Cl)ccc2o1. The van der Waals surface area contributed by atoms with Crippen LogP contribution in [-0.4, -0.2) is 30.6 Å². The number of rotatable bonds is 5. The van der Waals surface area contributed by atoms with Gasteiger partial charge < -0.3 is 14.6 Å². The van der Waals surface area contributed by atoms with Crippen molar-refractivity contribution in [1.29, 1.82) is 0 Å². The monoisotopic (exact) mass is 432 g/mol. The van der Waals surface area contributed by atoms with E-state index in [0.717, 1.165) is 50.0 Å². The Morgan fingerprint density at radius 3 is 2.61 bits per heavy atom. The Balaban J connectivity index is 1.19. The van der Waals surface area contributed by atoms with Gasteiger partial charge in [0.05, 0.1) is 5.69 Å². The van der Waals surface area contributed by atoms with Gasteiger partial charge in [0, 0.05) is 42.2 Å². The summed E-state index contributed by atoms with van der Waals surface area (Å²) < 4.78 is 5.30. The summed E-state index contributed by atoms with van der Waals surface area (Å²) in [5, 5.41) is 7.65. The van der Waals surface area contributed by atoms with Gasteiger partial charge in [-0.15, -0.1) is 0 Å². The molecule has 1 saturated heterocycles. The van der Waals surface area contributed by atoms with Gasteiger partial charge in [-0.05, 0) is 53.8 Å². The summed E-state index contributed by atoms with van der Waals surface area (Å²) in [4.78, 5) is 14.5. The number of anilines is 1. The molecule has 1 aliphatic heterocycles. The summed E-state index contributed by atoms with van der Waals surface area (Å²) in [6.45, 7) is 3.16. The first-order chi connectivity index (χ1) is 15.1. The van der Waals surface area contributed by atoms with E-state index in [9.17, 15) is 4.79 Å². The second kappa shape index (κ2) is 8.74. The fourth-order valence-electron chi connectivity index (χ4n) is 4.46. The Labute approximate surface area is 186 Å². The third kappa shape index (κ3) is 4.60. The van der Waals surface area contributed by atoms with Gasteiger partial charge in [0.2, 0.25) is 0 Å². The third-order valence-corrected chi connectivity index (χ3v) is 6.42. The molecule has 5 heteroatoms. The zero-order valence-electron chi connectivity index (χ0n) is 17.3. The quantitative estimate of drug-likeness (QED) is 0.410. The number of hydrogen-bond acceptors (Lipinski definition) is 4. The molecule has 0 unspecified atom stereocenters. The van der Waals surface area contributed by atoms with Crippen molar-refractivity contribution in [2.75, 3.05) is 25.0 Å². The molecule has 2 heterocycles. The summed E-state index contributed by atoms with van der Waals surface area (Å²) in [5.74, 6) is 0. The van der Waals surface area contributed by atoms with Crippen LogP contribution in [0.2, 0.25) is 5.02 Å². The topological polar surface area (TPSA) is 45.5 Å². The van der Waals surface area contributed by atoms with Gasteiger partial charge in [0.25, 0.3) is 0 Å². The summed E-state index contributed by atoms with van der Waals surface area (Å²) in [6.07, 6.45) is 3.14. The predicted molar refractivity (Wildman–Crippen MR) is 128 cm³/mol. The molecule has 0 saturated carbocycles. The average molecular weight is 433 g/mol. The molecule has 0 spiro atoms. The molecule has 158 valence electrons. The normalized spacial score (nSPS) is 15.5. The molecule has 1 aliphatic rings. The lowest BCUT2D eigenvalue weighted by molar-refractivity contribution is 0.221. The number of halogens is 1. The van der Waals surface area contributed by atoms with Gasteiger partial charge in [-0.3, -0.25) is 0 Å². The van der Waals surface area contributed by atoms with Crippen molar-refractivity contribution in [3.8, 4) is 0 Å². The molecule has 1 aromatic heterocycles. The highest BCUT2D eigenvalue weighted by Crippen LogP contribution is 2.27. The van der Waals surface area contributed by atoms with Crippen LogP contribution in [0, 0.1) is 0 Å². The molecular weight excluding hydrogens is 408 g/mol. The molecule has 4 aromatic rings.